The Morgan fingerprint density at radius 3 is 2.37 bits per heavy atom. The second-order valence-corrected chi connectivity index (χ2v) is 9.86. The third kappa shape index (κ3) is 4.30. The zero-order valence-electron chi connectivity index (χ0n) is 21.5. The number of para-hydroxylation sites is 4. The molecule has 2 heterocycles. The molecule has 4 aromatic rings. The predicted molar refractivity (Wildman–Crippen MR) is 148 cm³/mol. The number of ether oxygens (including phenoxy) is 1. The van der Waals surface area contributed by atoms with Crippen molar-refractivity contribution < 1.29 is 14.3 Å². The molecule has 1 aliphatic heterocycles. The molecule has 1 fully saturated rings. The van der Waals surface area contributed by atoms with E-state index in [9.17, 15) is 9.59 Å². The van der Waals surface area contributed by atoms with Gasteiger partial charge in [-0.05, 0) is 61.7 Å². The molecule has 3 aromatic carbocycles. The van der Waals surface area contributed by atoms with Crippen LogP contribution in [0.1, 0.15) is 35.7 Å². The fourth-order valence-electron chi connectivity index (χ4n) is 5.24. The molecule has 1 unspecified atom stereocenters. The van der Waals surface area contributed by atoms with Crippen LogP contribution in [0.4, 0.5) is 16.2 Å². The highest BCUT2D eigenvalue weighted by Crippen LogP contribution is 2.42. The first-order chi connectivity index (χ1) is 18.5. The molecule has 1 saturated carbocycles. The van der Waals surface area contributed by atoms with Crippen molar-refractivity contribution in [3.8, 4) is 11.4 Å². The van der Waals surface area contributed by atoms with Crippen LogP contribution in [-0.4, -0.2) is 41.1 Å². The molecule has 7 nitrogen and oxygen atoms in total. The summed E-state index contributed by atoms with van der Waals surface area (Å²) in [6.45, 7) is 2.03. The molecular weight excluding hydrogens is 476 g/mol. The minimum atomic E-state index is -0.314. The summed E-state index contributed by atoms with van der Waals surface area (Å²) in [7, 11) is 1.57. The lowest BCUT2D eigenvalue weighted by atomic mass is 9.97. The van der Waals surface area contributed by atoms with Crippen LogP contribution in [0.15, 0.2) is 91.1 Å². The number of hydrogen-bond donors (Lipinski definition) is 1. The predicted octanol–water partition coefficient (Wildman–Crippen LogP) is 5.93. The third-order valence-corrected chi connectivity index (χ3v) is 7.28. The van der Waals surface area contributed by atoms with E-state index in [1.54, 1.807) is 24.1 Å². The lowest BCUT2D eigenvalue weighted by Crippen LogP contribution is -2.48. The highest BCUT2D eigenvalue weighted by atomic mass is 16.5. The highest BCUT2D eigenvalue weighted by Gasteiger charge is 2.40. The van der Waals surface area contributed by atoms with Gasteiger partial charge in [-0.2, -0.15) is 0 Å². The second kappa shape index (κ2) is 9.74. The number of aromatic nitrogens is 1. The first kappa shape index (κ1) is 23.9. The minimum absolute atomic E-state index is 0.0247. The Balaban J connectivity index is 1.35. The highest BCUT2D eigenvalue weighted by molar-refractivity contribution is 6.02. The molecular formula is C31H30N4O3. The number of fused-ring (bicyclic) bond motifs is 3. The number of amides is 3. The Hall–Kier alpha value is -4.52. The summed E-state index contributed by atoms with van der Waals surface area (Å²) in [4.78, 5) is 31.2. The van der Waals surface area contributed by atoms with Gasteiger partial charge in [0.25, 0.3) is 0 Å². The quantitative estimate of drug-likeness (QED) is 0.353. The van der Waals surface area contributed by atoms with Crippen LogP contribution in [0, 0.1) is 6.92 Å². The van der Waals surface area contributed by atoms with Crippen LogP contribution in [0.3, 0.4) is 0 Å². The maximum absolute atomic E-state index is 14.2. The number of hydrogen-bond acceptors (Lipinski definition) is 3. The molecule has 7 heteroatoms. The Kier molecular flexibility index (Phi) is 6.12. The van der Waals surface area contributed by atoms with Crippen LogP contribution in [-0.2, 0) is 4.79 Å². The van der Waals surface area contributed by atoms with Gasteiger partial charge in [0, 0.05) is 12.2 Å². The Bertz CT molecular complexity index is 1490. The van der Waals surface area contributed by atoms with E-state index in [1.807, 2.05) is 53.6 Å². The molecule has 38 heavy (non-hydrogen) atoms. The van der Waals surface area contributed by atoms with Gasteiger partial charge < -0.3 is 19.5 Å². The van der Waals surface area contributed by atoms with E-state index >= 15 is 0 Å². The van der Waals surface area contributed by atoms with Crippen molar-refractivity contribution in [3.05, 3.63) is 108 Å². The smallest absolute Gasteiger partial charge is 0.322 e. The molecule has 1 aromatic heterocycles. The number of carbonyl (C=O) groups excluding carboxylic acids is 2. The molecule has 6 rings (SSSR count). The number of aryl methyl sites for hydroxylation is 1. The monoisotopic (exact) mass is 506 g/mol. The number of nitrogens with one attached hydrogen (secondary N) is 1. The number of benzene rings is 3. The summed E-state index contributed by atoms with van der Waals surface area (Å²) >= 11 is 0. The molecule has 1 N–H and O–H groups in total. The van der Waals surface area contributed by atoms with Gasteiger partial charge in [0.05, 0.1) is 29.9 Å². The molecule has 0 radical (unpaired) electrons. The van der Waals surface area contributed by atoms with Crippen LogP contribution in [0.25, 0.3) is 5.69 Å². The van der Waals surface area contributed by atoms with Crippen molar-refractivity contribution in [2.75, 3.05) is 23.9 Å². The third-order valence-electron chi connectivity index (χ3n) is 7.28. The largest absolute Gasteiger partial charge is 0.495 e. The zero-order valence-corrected chi connectivity index (χ0v) is 21.5. The summed E-state index contributed by atoms with van der Waals surface area (Å²) in [5.74, 6) is 0.450. The van der Waals surface area contributed by atoms with E-state index in [-0.39, 0.29) is 30.6 Å². The first-order valence-electron chi connectivity index (χ1n) is 12.9. The van der Waals surface area contributed by atoms with Gasteiger partial charge in [0.1, 0.15) is 18.3 Å². The van der Waals surface area contributed by atoms with E-state index in [0.717, 1.165) is 41.0 Å². The molecule has 192 valence electrons. The molecule has 0 saturated heterocycles. The van der Waals surface area contributed by atoms with E-state index in [2.05, 4.69) is 47.1 Å². The fourth-order valence-corrected chi connectivity index (χ4v) is 5.24. The summed E-state index contributed by atoms with van der Waals surface area (Å²) < 4.78 is 7.55. The van der Waals surface area contributed by atoms with Gasteiger partial charge in [0.2, 0.25) is 5.91 Å². The van der Waals surface area contributed by atoms with Gasteiger partial charge in [0.15, 0.2) is 0 Å². The van der Waals surface area contributed by atoms with Crippen molar-refractivity contribution in [2.45, 2.75) is 31.8 Å². The Labute approximate surface area is 222 Å². The molecule has 0 bridgehead atoms. The van der Waals surface area contributed by atoms with E-state index in [0.29, 0.717) is 11.4 Å². The van der Waals surface area contributed by atoms with E-state index in [4.69, 9.17) is 4.74 Å². The van der Waals surface area contributed by atoms with Crippen LogP contribution >= 0.6 is 0 Å². The molecule has 1 atom stereocenters. The number of methoxy groups -OCH3 is 1. The van der Waals surface area contributed by atoms with Crippen molar-refractivity contribution in [1.82, 2.24) is 9.47 Å². The summed E-state index contributed by atoms with van der Waals surface area (Å²) in [6.07, 6.45) is 3.80. The first-order valence-corrected chi connectivity index (χ1v) is 12.9. The topological polar surface area (TPSA) is 66.8 Å². The lowest BCUT2D eigenvalue weighted by Gasteiger charge is -2.39. The number of rotatable bonds is 6. The average molecular weight is 507 g/mol. The molecule has 2 aliphatic rings. The van der Waals surface area contributed by atoms with E-state index in [1.165, 1.54) is 0 Å². The fraction of sp³-hybridized carbons (Fsp3) is 0.226. The Morgan fingerprint density at radius 1 is 0.921 bits per heavy atom. The summed E-state index contributed by atoms with van der Waals surface area (Å²) in [5.41, 5.74) is 5.54. The summed E-state index contributed by atoms with van der Waals surface area (Å²) in [5, 5.41) is 2.96. The molecule has 0 spiro atoms. The average Bonchev–Trinajstić information content (AvgIpc) is 3.66. The van der Waals surface area contributed by atoms with Crippen LogP contribution in [0.5, 0.6) is 5.75 Å². The summed E-state index contributed by atoms with van der Waals surface area (Å²) in [6, 6.07) is 27.0. The van der Waals surface area contributed by atoms with Gasteiger partial charge in [-0.25, -0.2) is 4.79 Å². The maximum atomic E-state index is 14.2. The molecule has 3 amide bonds. The van der Waals surface area contributed by atoms with Crippen molar-refractivity contribution >= 4 is 23.3 Å². The lowest BCUT2D eigenvalue weighted by molar-refractivity contribution is -0.119. The number of urea groups is 1. The van der Waals surface area contributed by atoms with Gasteiger partial charge >= 0.3 is 6.03 Å². The molecule has 1 aliphatic carbocycles. The maximum Gasteiger partial charge on any atom is 0.322 e. The standard InChI is InChI=1S/C31H30N4O3/c1-21-13-15-22(16-14-21)30-27-11-7-19-33(27)25-9-4-5-10-26(25)35(30)29(36)20-34(23-17-18-23)31(37)32-24-8-3-6-12-28(24)38-2/h3-16,19,23,30H,17-18,20H2,1-2H3,(H,32,37). The van der Waals surface area contributed by atoms with Crippen molar-refractivity contribution in [3.63, 3.8) is 0 Å². The van der Waals surface area contributed by atoms with Crippen molar-refractivity contribution in [2.24, 2.45) is 0 Å². The van der Waals surface area contributed by atoms with Gasteiger partial charge in [-0.1, -0.05) is 54.1 Å². The van der Waals surface area contributed by atoms with Gasteiger partial charge in [-0.3, -0.25) is 9.69 Å². The normalized spacial score (nSPS) is 15.8. The second-order valence-electron chi connectivity index (χ2n) is 9.86. The number of carbonyl (C=O) groups is 2. The minimum Gasteiger partial charge on any atom is -0.495 e. The van der Waals surface area contributed by atoms with E-state index < -0.39 is 0 Å². The SMILES string of the molecule is COc1ccccc1NC(=O)N(CC(=O)N1c2ccccc2-n2cccc2C1c1ccc(C)cc1)C1CC1. The Morgan fingerprint density at radius 2 is 1.63 bits per heavy atom. The van der Waals surface area contributed by atoms with Crippen LogP contribution < -0.4 is 15.0 Å². The van der Waals surface area contributed by atoms with Crippen molar-refractivity contribution in [1.29, 1.82) is 0 Å². The number of anilines is 2. The zero-order chi connectivity index (χ0) is 26.2. The number of nitrogens with zero attached hydrogens (tertiary/aromatic N) is 3. The van der Waals surface area contributed by atoms with Gasteiger partial charge in [-0.15, -0.1) is 0 Å². The van der Waals surface area contributed by atoms with Crippen LogP contribution in [0.2, 0.25) is 0 Å².